The number of ether oxygens (including phenoxy) is 1. The van der Waals surface area contributed by atoms with E-state index in [1.165, 1.54) is 0 Å². The van der Waals surface area contributed by atoms with E-state index in [0.717, 1.165) is 0 Å². The third-order valence-corrected chi connectivity index (χ3v) is 1.85. The molecule has 0 aliphatic rings. The predicted molar refractivity (Wildman–Crippen MR) is 48.2 cm³/mol. The van der Waals surface area contributed by atoms with Crippen molar-refractivity contribution in [3.8, 4) is 5.88 Å². The van der Waals surface area contributed by atoms with Crippen LogP contribution in [-0.2, 0) is 6.54 Å². The molecule has 0 saturated carbocycles. The number of halogens is 5. The first-order valence-corrected chi connectivity index (χ1v) is 4.27. The number of pyridine rings is 1. The first-order valence-electron chi connectivity index (χ1n) is 4.27. The maximum atomic E-state index is 12.6. The Morgan fingerprint density at radius 2 is 1.94 bits per heavy atom. The van der Waals surface area contributed by atoms with Crippen LogP contribution in [0.3, 0.4) is 0 Å². The van der Waals surface area contributed by atoms with Crippen LogP contribution in [0.5, 0.6) is 5.88 Å². The summed E-state index contributed by atoms with van der Waals surface area (Å²) < 4.78 is 64.6. The zero-order chi connectivity index (χ0) is 13.2. The molecule has 0 aromatic carbocycles. The molecular formula is C8H8F5N3O. The number of nitrogen functional groups attached to an aromatic ring is 1. The summed E-state index contributed by atoms with van der Waals surface area (Å²) in [5, 5.41) is 0. The van der Waals surface area contributed by atoms with Crippen molar-refractivity contribution in [2.45, 2.75) is 19.3 Å². The van der Waals surface area contributed by atoms with Crippen LogP contribution in [0.1, 0.15) is 17.6 Å². The fourth-order valence-corrected chi connectivity index (χ4v) is 1.22. The number of nitrogens with two attached hydrogens (primary N) is 2. The van der Waals surface area contributed by atoms with Crippen molar-refractivity contribution in [3.05, 3.63) is 17.3 Å². The highest BCUT2D eigenvalue weighted by atomic mass is 19.4. The highest BCUT2D eigenvalue weighted by molar-refractivity contribution is 5.53. The van der Waals surface area contributed by atoms with E-state index in [0.29, 0.717) is 6.20 Å². The maximum Gasteiger partial charge on any atom is 0.574 e. The second-order valence-corrected chi connectivity index (χ2v) is 2.96. The van der Waals surface area contributed by atoms with Gasteiger partial charge in [-0.3, -0.25) is 0 Å². The summed E-state index contributed by atoms with van der Waals surface area (Å²) in [4.78, 5) is 3.20. The number of aromatic nitrogens is 1. The Bertz CT molecular complexity index is 407. The lowest BCUT2D eigenvalue weighted by Crippen LogP contribution is -2.21. The minimum Gasteiger partial charge on any atom is -0.397 e. The monoisotopic (exact) mass is 257 g/mol. The van der Waals surface area contributed by atoms with Crippen molar-refractivity contribution in [3.63, 3.8) is 0 Å². The molecule has 4 N–H and O–H groups in total. The predicted octanol–water partition coefficient (Wildman–Crippen LogP) is 1.96. The van der Waals surface area contributed by atoms with Crippen molar-refractivity contribution in [1.29, 1.82) is 0 Å². The number of hydrogen-bond donors (Lipinski definition) is 2. The Kier molecular flexibility index (Phi) is 3.71. The van der Waals surface area contributed by atoms with Crippen LogP contribution in [0, 0.1) is 0 Å². The second-order valence-electron chi connectivity index (χ2n) is 2.96. The molecule has 0 radical (unpaired) electrons. The molecule has 0 saturated heterocycles. The van der Waals surface area contributed by atoms with Crippen LogP contribution < -0.4 is 16.2 Å². The lowest BCUT2D eigenvalue weighted by Gasteiger charge is -2.15. The summed E-state index contributed by atoms with van der Waals surface area (Å²) in [6, 6.07) is 0. The molecule has 1 heterocycles. The average Bonchev–Trinajstić information content (AvgIpc) is 2.17. The van der Waals surface area contributed by atoms with E-state index in [4.69, 9.17) is 11.5 Å². The molecule has 0 bridgehead atoms. The lowest BCUT2D eigenvalue weighted by atomic mass is 10.1. The first-order chi connectivity index (χ1) is 7.76. The minimum absolute atomic E-state index is 0.435. The van der Waals surface area contributed by atoms with Gasteiger partial charge in [0.05, 0.1) is 17.4 Å². The fraction of sp³-hybridized carbons (Fsp3) is 0.375. The summed E-state index contributed by atoms with van der Waals surface area (Å²) in [5.41, 5.74) is 8.51. The lowest BCUT2D eigenvalue weighted by molar-refractivity contribution is -0.276. The van der Waals surface area contributed by atoms with Crippen molar-refractivity contribution in [2.24, 2.45) is 5.73 Å². The van der Waals surface area contributed by atoms with Gasteiger partial charge in [0.15, 0.2) is 0 Å². The van der Waals surface area contributed by atoms with Gasteiger partial charge < -0.3 is 16.2 Å². The number of rotatable bonds is 3. The molecule has 0 aliphatic carbocycles. The van der Waals surface area contributed by atoms with Gasteiger partial charge in [-0.25, -0.2) is 13.8 Å². The number of hydrogen-bond acceptors (Lipinski definition) is 4. The van der Waals surface area contributed by atoms with Gasteiger partial charge in [-0.2, -0.15) is 0 Å². The molecule has 4 nitrogen and oxygen atoms in total. The summed E-state index contributed by atoms with van der Waals surface area (Å²) in [6.45, 7) is -0.594. The van der Waals surface area contributed by atoms with E-state index in [2.05, 4.69) is 9.72 Å². The Morgan fingerprint density at radius 3 is 2.35 bits per heavy atom. The van der Waals surface area contributed by atoms with Crippen LogP contribution in [0.15, 0.2) is 6.20 Å². The SMILES string of the molecule is NCc1c(OC(F)(F)F)ncc(N)c1C(F)F. The third kappa shape index (κ3) is 3.16. The number of alkyl halides is 5. The second kappa shape index (κ2) is 4.70. The van der Waals surface area contributed by atoms with Crippen LogP contribution in [-0.4, -0.2) is 11.3 Å². The van der Waals surface area contributed by atoms with E-state index < -0.39 is 42.0 Å². The third-order valence-electron chi connectivity index (χ3n) is 1.85. The highest BCUT2D eigenvalue weighted by Gasteiger charge is 2.34. The van der Waals surface area contributed by atoms with E-state index >= 15 is 0 Å². The van der Waals surface area contributed by atoms with Crippen LogP contribution >= 0.6 is 0 Å². The standard InChI is InChI=1S/C8H8F5N3O/c9-6(10)5-3(1-14)7(16-2-4(5)15)17-8(11,12)13/h2,6H,1,14-15H2. The van der Waals surface area contributed by atoms with E-state index in [1.54, 1.807) is 0 Å². The molecular weight excluding hydrogens is 249 g/mol. The molecule has 0 atom stereocenters. The normalized spacial score (nSPS) is 11.9. The van der Waals surface area contributed by atoms with Crippen molar-refractivity contribution in [2.75, 3.05) is 5.73 Å². The molecule has 96 valence electrons. The molecule has 0 spiro atoms. The minimum atomic E-state index is -5.04. The van der Waals surface area contributed by atoms with Gasteiger partial charge in [0, 0.05) is 12.1 Å². The van der Waals surface area contributed by atoms with Crippen LogP contribution in [0.4, 0.5) is 27.6 Å². The maximum absolute atomic E-state index is 12.6. The zero-order valence-electron chi connectivity index (χ0n) is 8.26. The Balaban J connectivity index is 3.28. The average molecular weight is 257 g/mol. The quantitative estimate of drug-likeness (QED) is 0.812. The molecule has 17 heavy (non-hydrogen) atoms. The molecule has 1 aromatic rings. The van der Waals surface area contributed by atoms with Gasteiger partial charge in [-0.1, -0.05) is 0 Å². The molecule has 9 heteroatoms. The van der Waals surface area contributed by atoms with E-state index in [1.807, 2.05) is 0 Å². The number of anilines is 1. The summed E-state index contributed by atoms with van der Waals surface area (Å²) >= 11 is 0. The summed E-state index contributed by atoms with van der Waals surface area (Å²) in [6.07, 6.45) is -7.43. The van der Waals surface area contributed by atoms with Crippen LogP contribution in [0.25, 0.3) is 0 Å². The van der Waals surface area contributed by atoms with E-state index in [9.17, 15) is 22.0 Å². The molecule has 0 amide bonds. The van der Waals surface area contributed by atoms with Gasteiger partial charge >= 0.3 is 6.36 Å². The van der Waals surface area contributed by atoms with Gasteiger partial charge in [-0.05, 0) is 0 Å². The van der Waals surface area contributed by atoms with Crippen molar-refractivity contribution < 1.29 is 26.7 Å². The summed E-state index contributed by atoms with van der Waals surface area (Å²) in [7, 11) is 0. The number of nitrogens with zero attached hydrogens (tertiary/aromatic N) is 1. The van der Waals surface area contributed by atoms with Crippen molar-refractivity contribution >= 4 is 5.69 Å². The fourth-order valence-electron chi connectivity index (χ4n) is 1.22. The van der Waals surface area contributed by atoms with Crippen molar-refractivity contribution in [1.82, 2.24) is 4.98 Å². The molecule has 0 aliphatic heterocycles. The van der Waals surface area contributed by atoms with E-state index in [-0.39, 0.29) is 0 Å². The van der Waals surface area contributed by atoms with Gasteiger partial charge in [0.2, 0.25) is 5.88 Å². The molecule has 1 aromatic heterocycles. The summed E-state index contributed by atoms with van der Waals surface area (Å²) in [5.74, 6) is -1.01. The molecule has 0 unspecified atom stereocenters. The van der Waals surface area contributed by atoms with Crippen LogP contribution in [0.2, 0.25) is 0 Å². The topological polar surface area (TPSA) is 74.2 Å². The Morgan fingerprint density at radius 1 is 1.35 bits per heavy atom. The largest absolute Gasteiger partial charge is 0.574 e. The molecule has 1 rings (SSSR count). The Labute approximate surface area is 92.4 Å². The van der Waals surface area contributed by atoms with Gasteiger partial charge in [0.1, 0.15) is 0 Å². The zero-order valence-corrected chi connectivity index (χ0v) is 8.26. The Hall–Kier alpha value is -1.64. The van der Waals surface area contributed by atoms with Gasteiger partial charge in [-0.15, -0.1) is 13.2 Å². The highest BCUT2D eigenvalue weighted by Crippen LogP contribution is 2.34. The smallest absolute Gasteiger partial charge is 0.397 e. The van der Waals surface area contributed by atoms with Gasteiger partial charge in [0.25, 0.3) is 6.43 Å². The molecule has 0 fully saturated rings. The first kappa shape index (κ1) is 13.4.